The number of carbonyl (C=O) groups is 1. The molecule has 0 fully saturated rings. The van der Waals surface area contributed by atoms with Crippen LogP contribution in [0.4, 0.5) is 0 Å². The van der Waals surface area contributed by atoms with Crippen LogP contribution in [0.1, 0.15) is 12.5 Å². The maximum Gasteiger partial charge on any atom is 0.253 e. The van der Waals surface area contributed by atoms with Crippen LogP contribution in [0.2, 0.25) is 0 Å². The van der Waals surface area contributed by atoms with E-state index in [1.807, 2.05) is 42.5 Å². The third-order valence-corrected chi connectivity index (χ3v) is 2.98. The second kappa shape index (κ2) is 5.78. The number of hydrazone groups is 1. The highest BCUT2D eigenvalue weighted by Gasteiger charge is 2.05. The number of hydrogen-bond acceptors (Lipinski definition) is 2. The molecule has 0 aliphatic carbocycles. The van der Waals surface area contributed by atoms with Crippen molar-refractivity contribution in [3.8, 4) is 0 Å². The number of fused-ring (bicyclic) bond motifs is 1. The zero-order valence-electron chi connectivity index (χ0n) is 9.93. The van der Waals surface area contributed by atoms with Gasteiger partial charge in [-0.05, 0) is 17.7 Å². The highest BCUT2D eigenvalue weighted by atomic mass is 79.9. The minimum atomic E-state index is -0.248. The molecule has 3 nitrogen and oxygen atoms in total. The van der Waals surface area contributed by atoms with E-state index in [4.69, 9.17) is 0 Å². The molecule has 0 aromatic heterocycles. The van der Waals surface area contributed by atoms with E-state index < -0.39 is 0 Å². The first-order valence-electron chi connectivity index (χ1n) is 5.63. The molecular formula is C14H13BrN2O. The van der Waals surface area contributed by atoms with Crippen molar-refractivity contribution in [2.45, 2.75) is 11.8 Å². The summed E-state index contributed by atoms with van der Waals surface area (Å²) < 4.78 is 0. The van der Waals surface area contributed by atoms with E-state index in [1.54, 1.807) is 13.1 Å². The average molecular weight is 305 g/mol. The molecule has 0 unspecified atom stereocenters. The standard InChI is InChI=1S/C14H13BrN2O/c1-10(15)14(18)17-16-9-12-7-4-6-11-5-2-3-8-13(11)12/h2-10H,1H3,(H,17,18)/t10-/m0/s1. The third-order valence-electron chi connectivity index (χ3n) is 2.56. The van der Waals surface area contributed by atoms with Crippen molar-refractivity contribution in [1.29, 1.82) is 0 Å². The molecule has 0 spiro atoms. The van der Waals surface area contributed by atoms with E-state index in [-0.39, 0.29) is 10.7 Å². The second-order valence-corrected chi connectivity index (χ2v) is 5.29. The van der Waals surface area contributed by atoms with Crippen LogP contribution in [-0.4, -0.2) is 16.9 Å². The van der Waals surface area contributed by atoms with Gasteiger partial charge in [-0.3, -0.25) is 4.79 Å². The Bertz CT molecular complexity index is 588. The second-order valence-electron chi connectivity index (χ2n) is 3.92. The molecule has 0 saturated carbocycles. The number of amides is 1. The minimum Gasteiger partial charge on any atom is -0.272 e. The maximum atomic E-state index is 11.3. The van der Waals surface area contributed by atoms with Gasteiger partial charge in [-0.2, -0.15) is 5.10 Å². The van der Waals surface area contributed by atoms with Gasteiger partial charge in [0.2, 0.25) is 0 Å². The molecule has 2 aromatic carbocycles. The van der Waals surface area contributed by atoms with Gasteiger partial charge < -0.3 is 0 Å². The molecule has 1 amide bonds. The van der Waals surface area contributed by atoms with Crippen LogP contribution in [-0.2, 0) is 4.79 Å². The number of carbonyl (C=O) groups excluding carboxylic acids is 1. The summed E-state index contributed by atoms with van der Waals surface area (Å²) in [5, 5.41) is 6.23. The van der Waals surface area contributed by atoms with Gasteiger partial charge in [0.25, 0.3) is 5.91 Å². The molecule has 0 aliphatic heterocycles. The number of benzene rings is 2. The SMILES string of the molecule is C[C@H](Br)C(=O)NN=Cc1cccc2ccccc12. The lowest BCUT2D eigenvalue weighted by molar-refractivity contribution is -0.120. The van der Waals surface area contributed by atoms with Crippen LogP contribution in [0, 0.1) is 0 Å². The van der Waals surface area contributed by atoms with Crippen LogP contribution in [0.5, 0.6) is 0 Å². The van der Waals surface area contributed by atoms with Gasteiger partial charge in [0.05, 0.1) is 11.0 Å². The smallest absolute Gasteiger partial charge is 0.253 e. The van der Waals surface area contributed by atoms with E-state index in [2.05, 4.69) is 26.5 Å². The Morgan fingerprint density at radius 2 is 2.00 bits per heavy atom. The Hall–Kier alpha value is -1.68. The summed E-state index contributed by atoms with van der Waals surface area (Å²) in [6, 6.07) is 14.0. The largest absolute Gasteiger partial charge is 0.272 e. The summed E-state index contributed by atoms with van der Waals surface area (Å²) in [6.07, 6.45) is 1.66. The third kappa shape index (κ3) is 2.96. The van der Waals surface area contributed by atoms with E-state index in [0.717, 1.165) is 16.3 Å². The van der Waals surface area contributed by atoms with Gasteiger partial charge in [-0.25, -0.2) is 5.43 Å². The van der Waals surface area contributed by atoms with Gasteiger partial charge in [0.1, 0.15) is 0 Å². The summed E-state index contributed by atoms with van der Waals surface area (Å²) in [6.45, 7) is 1.75. The fourth-order valence-corrected chi connectivity index (χ4v) is 1.72. The van der Waals surface area contributed by atoms with Gasteiger partial charge in [0, 0.05) is 5.56 Å². The van der Waals surface area contributed by atoms with Crippen molar-refractivity contribution in [2.24, 2.45) is 5.10 Å². The fraction of sp³-hybridized carbons (Fsp3) is 0.143. The number of rotatable bonds is 3. The summed E-state index contributed by atoms with van der Waals surface area (Å²) in [5.41, 5.74) is 3.46. The zero-order chi connectivity index (χ0) is 13.0. The van der Waals surface area contributed by atoms with Crippen molar-refractivity contribution in [2.75, 3.05) is 0 Å². The van der Waals surface area contributed by atoms with E-state index in [9.17, 15) is 4.79 Å². The summed E-state index contributed by atoms with van der Waals surface area (Å²) >= 11 is 3.18. The first-order valence-corrected chi connectivity index (χ1v) is 6.55. The molecule has 0 heterocycles. The number of nitrogens with zero attached hydrogens (tertiary/aromatic N) is 1. The molecule has 4 heteroatoms. The number of nitrogens with one attached hydrogen (secondary N) is 1. The Kier molecular flexibility index (Phi) is 4.10. The van der Waals surface area contributed by atoms with Crippen molar-refractivity contribution in [3.63, 3.8) is 0 Å². The van der Waals surface area contributed by atoms with Crippen molar-refractivity contribution in [3.05, 3.63) is 48.0 Å². The summed E-state index contributed by atoms with van der Waals surface area (Å²) in [4.78, 5) is 11.1. The Labute approximate surface area is 114 Å². The number of alkyl halides is 1. The van der Waals surface area contributed by atoms with Crippen molar-refractivity contribution in [1.82, 2.24) is 5.43 Å². The monoisotopic (exact) mass is 304 g/mol. The molecule has 0 aliphatic rings. The first kappa shape index (κ1) is 12.8. The van der Waals surface area contributed by atoms with Gasteiger partial charge in [-0.15, -0.1) is 0 Å². The summed E-state index contributed by atoms with van der Waals surface area (Å²) in [5.74, 6) is -0.161. The fourth-order valence-electron chi connectivity index (χ4n) is 1.62. The van der Waals surface area contributed by atoms with Gasteiger partial charge in [-0.1, -0.05) is 58.4 Å². The predicted molar refractivity (Wildman–Crippen MR) is 78.1 cm³/mol. The number of hydrogen-bond donors (Lipinski definition) is 1. The van der Waals surface area contributed by atoms with E-state index >= 15 is 0 Å². The molecule has 92 valence electrons. The lowest BCUT2D eigenvalue weighted by Gasteiger charge is -2.02. The quantitative estimate of drug-likeness (QED) is 0.528. The normalized spacial score (nSPS) is 12.8. The van der Waals surface area contributed by atoms with Crippen molar-refractivity contribution >= 4 is 38.8 Å². The lowest BCUT2D eigenvalue weighted by Crippen LogP contribution is -2.24. The average Bonchev–Trinajstić information content (AvgIpc) is 2.38. The van der Waals surface area contributed by atoms with Gasteiger partial charge >= 0.3 is 0 Å². The van der Waals surface area contributed by atoms with Crippen molar-refractivity contribution < 1.29 is 4.79 Å². The molecule has 1 atom stereocenters. The van der Waals surface area contributed by atoms with Gasteiger partial charge in [0.15, 0.2) is 0 Å². The van der Waals surface area contributed by atoms with E-state index in [0.29, 0.717) is 0 Å². The maximum absolute atomic E-state index is 11.3. The molecule has 2 rings (SSSR count). The minimum absolute atomic E-state index is 0.161. The molecule has 18 heavy (non-hydrogen) atoms. The Morgan fingerprint density at radius 3 is 2.78 bits per heavy atom. The predicted octanol–water partition coefficient (Wildman–Crippen LogP) is 3.07. The zero-order valence-corrected chi connectivity index (χ0v) is 11.5. The summed E-state index contributed by atoms with van der Waals surface area (Å²) in [7, 11) is 0. The molecule has 2 aromatic rings. The number of halogens is 1. The van der Waals surface area contributed by atoms with Crippen LogP contribution in [0.15, 0.2) is 47.6 Å². The van der Waals surface area contributed by atoms with Crippen LogP contribution in [0.25, 0.3) is 10.8 Å². The highest BCUT2D eigenvalue weighted by molar-refractivity contribution is 9.10. The topological polar surface area (TPSA) is 41.5 Å². The van der Waals surface area contributed by atoms with E-state index in [1.165, 1.54) is 0 Å². The molecule has 0 bridgehead atoms. The highest BCUT2D eigenvalue weighted by Crippen LogP contribution is 2.16. The lowest BCUT2D eigenvalue weighted by atomic mass is 10.1. The molecular weight excluding hydrogens is 292 g/mol. The van der Waals surface area contributed by atoms with Crippen LogP contribution < -0.4 is 5.43 Å². The van der Waals surface area contributed by atoms with Crippen LogP contribution >= 0.6 is 15.9 Å². The first-order chi connectivity index (χ1) is 8.68. The molecule has 0 saturated heterocycles. The Morgan fingerprint density at radius 1 is 1.28 bits per heavy atom. The van der Waals surface area contributed by atoms with Crippen LogP contribution in [0.3, 0.4) is 0 Å². The molecule has 1 N–H and O–H groups in total. The Balaban J connectivity index is 2.22. The molecule has 0 radical (unpaired) electrons.